The van der Waals surface area contributed by atoms with Crippen LogP contribution in [-0.2, 0) is 5.41 Å². The van der Waals surface area contributed by atoms with Crippen molar-refractivity contribution in [2.75, 3.05) is 4.90 Å². The van der Waals surface area contributed by atoms with Crippen molar-refractivity contribution in [3.05, 3.63) is 301 Å². The van der Waals surface area contributed by atoms with Crippen LogP contribution in [-0.4, -0.2) is 4.57 Å². The number of anilines is 3. The van der Waals surface area contributed by atoms with Crippen LogP contribution >= 0.6 is 0 Å². The van der Waals surface area contributed by atoms with Gasteiger partial charge in [-0.25, -0.2) is 0 Å². The van der Waals surface area contributed by atoms with Crippen molar-refractivity contribution in [2.45, 2.75) is 5.41 Å². The highest BCUT2D eigenvalue weighted by molar-refractivity contribution is 6.10. The van der Waals surface area contributed by atoms with Gasteiger partial charge in [0.1, 0.15) is 0 Å². The molecule has 0 radical (unpaired) electrons. The minimum absolute atomic E-state index is 0.706. The van der Waals surface area contributed by atoms with E-state index in [0.717, 1.165) is 28.3 Å². The molecule has 13 rings (SSSR count). The number of para-hydroxylation sites is 2. The second-order valence-corrected chi connectivity index (χ2v) is 18.0. The fourth-order valence-electron chi connectivity index (χ4n) is 11.3. The average molecular weight is 879 g/mol. The van der Waals surface area contributed by atoms with E-state index in [1.807, 2.05) is 0 Å². The van der Waals surface area contributed by atoms with Crippen LogP contribution in [0.5, 0.6) is 0 Å². The number of hydrogen-bond acceptors (Lipinski definition) is 1. The Bertz CT molecular complexity index is 3800. The molecule has 1 aliphatic carbocycles. The molecule has 0 N–H and O–H groups in total. The maximum absolute atomic E-state index is 2.42. The molecule has 1 unspecified atom stereocenters. The summed E-state index contributed by atoms with van der Waals surface area (Å²) in [4.78, 5) is 2.42. The summed E-state index contributed by atoms with van der Waals surface area (Å²) in [5, 5.41) is 2.46. The van der Waals surface area contributed by atoms with Crippen molar-refractivity contribution in [2.24, 2.45) is 0 Å². The van der Waals surface area contributed by atoms with Gasteiger partial charge in [-0.2, -0.15) is 0 Å². The number of nitrogens with zero attached hydrogens (tertiary/aromatic N) is 2. The van der Waals surface area contributed by atoms with Crippen LogP contribution in [0.25, 0.3) is 72.0 Å². The summed E-state index contributed by atoms with van der Waals surface area (Å²) < 4.78 is 2.40. The third kappa shape index (κ3) is 6.56. The van der Waals surface area contributed by atoms with Crippen LogP contribution in [0.4, 0.5) is 17.1 Å². The fourth-order valence-corrected chi connectivity index (χ4v) is 11.3. The summed E-state index contributed by atoms with van der Waals surface area (Å²) in [6.07, 6.45) is 0. The van der Waals surface area contributed by atoms with Gasteiger partial charge in [-0.15, -0.1) is 0 Å². The molecule has 1 atom stereocenters. The van der Waals surface area contributed by atoms with Crippen LogP contribution < -0.4 is 4.90 Å². The van der Waals surface area contributed by atoms with Crippen LogP contribution in [0, 0.1) is 0 Å². The third-order valence-corrected chi connectivity index (χ3v) is 14.3. The molecule has 324 valence electrons. The number of fused-ring (bicyclic) bond motifs is 9. The summed E-state index contributed by atoms with van der Waals surface area (Å²) in [6, 6.07) is 103. The van der Waals surface area contributed by atoms with E-state index in [1.54, 1.807) is 0 Å². The Balaban J connectivity index is 1.06. The van der Waals surface area contributed by atoms with Crippen LogP contribution in [0.15, 0.2) is 279 Å². The fraction of sp³-hybridized carbons (Fsp3) is 0.0149. The standard InChI is InChI=1S/C67H46N2/c1-5-20-47(21-6-1)48-36-40-53(41-37-48)68(55-44-45-60-59-31-16-18-35-64(59)69(65(60)46-55)52-26-11-4-12-27-52)54-42-38-51(39-43-54)67(50-24-9-3-10-25-50)62-33-17-15-30-58(62)56-28-13-14-29-57(56)61-32-19-34-63(67)66(61)49-22-7-2-8-23-49/h1-46H. The molecule has 0 spiro atoms. The molecule has 12 aromatic rings. The van der Waals surface area contributed by atoms with E-state index >= 15 is 0 Å². The maximum atomic E-state index is 2.42. The number of hydrogen-bond donors (Lipinski definition) is 0. The summed E-state index contributed by atoms with van der Waals surface area (Å²) in [6.45, 7) is 0. The summed E-state index contributed by atoms with van der Waals surface area (Å²) >= 11 is 0. The summed E-state index contributed by atoms with van der Waals surface area (Å²) in [5.74, 6) is 0. The molecule has 0 aliphatic heterocycles. The van der Waals surface area contributed by atoms with E-state index in [-0.39, 0.29) is 0 Å². The first kappa shape index (κ1) is 40.3. The van der Waals surface area contributed by atoms with Gasteiger partial charge in [-0.1, -0.05) is 224 Å². The molecule has 1 aromatic heterocycles. The predicted molar refractivity (Wildman–Crippen MR) is 289 cm³/mol. The largest absolute Gasteiger partial charge is 0.310 e. The van der Waals surface area contributed by atoms with E-state index in [1.165, 1.54) is 83.1 Å². The molecule has 1 heterocycles. The van der Waals surface area contributed by atoms with Crippen LogP contribution in [0.1, 0.15) is 22.3 Å². The van der Waals surface area contributed by atoms with Gasteiger partial charge in [0, 0.05) is 33.5 Å². The molecule has 2 heteroatoms. The topological polar surface area (TPSA) is 8.17 Å². The van der Waals surface area contributed by atoms with Crippen LogP contribution in [0.2, 0.25) is 0 Å². The van der Waals surface area contributed by atoms with Gasteiger partial charge in [0.15, 0.2) is 0 Å². The SMILES string of the molecule is c1ccc(-c2ccc(N(c3ccc(C4(c5ccccc5)c5ccccc5-c5ccccc5-c5cccc4c5-c4ccccc4)cc3)c3ccc4c5ccccc5n(-c5ccccc5)c4c3)cc2)cc1. The lowest BCUT2D eigenvalue weighted by atomic mass is 9.60. The van der Waals surface area contributed by atoms with Gasteiger partial charge >= 0.3 is 0 Å². The Kier molecular flexibility index (Phi) is 9.77. The Morgan fingerprint density at radius 2 is 0.768 bits per heavy atom. The Morgan fingerprint density at radius 1 is 0.290 bits per heavy atom. The molecule has 11 aromatic carbocycles. The third-order valence-electron chi connectivity index (χ3n) is 14.3. The molecule has 69 heavy (non-hydrogen) atoms. The molecule has 1 aliphatic rings. The quantitative estimate of drug-likeness (QED) is 0.148. The first-order valence-electron chi connectivity index (χ1n) is 23.8. The second-order valence-electron chi connectivity index (χ2n) is 18.0. The van der Waals surface area contributed by atoms with Crippen molar-refractivity contribution >= 4 is 38.9 Å². The van der Waals surface area contributed by atoms with Crippen LogP contribution in [0.3, 0.4) is 0 Å². The van der Waals surface area contributed by atoms with E-state index in [0.29, 0.717) is 0 Å². The van der Waals surface area contributed by atoms with Gasteiger partial charge < -0.3 is 9.47 Å². The highest BCUT2D eigenvalue weighted by Crippen LogP contribution is 2.56. The Labute approximate surface area is 403 Å². The van der Waals surface area contributed by atoms with Gasteiger partial charge in [0.2, 0.25) is 0 Å². The lowest BCUT2D eigenvalue weighted by Gasteiger charge is -2.41. The normalized spacial score (nSPS) is 13.9. The van der Waals surface area contributed by atoms with Gasteiger partial charge in [0.05, 0.1) is 16.4 Å². The lowest BCUT2D eigenvalue weighted by Crippen LogP contribution is -2.33. The van der Waals surface area contributed by atoms with E-state index in [9.17, 15) is 0 Å². The first-order chi connectivity index (χ1) is 34.3. The van der Waals surface area contributed by atoms with Gasteiger partial charge in [0.25, 0.3) is 0 Å². The highest BCUT2D eigenvalue weighted by Gasteiger charge is 2.43. The minimum Gasteiger partial charge on any atom is -0.310 e. The molecule has 2 bridgehead atoms. The van der Waals surface area contributed by atoms with Crippen molar-refractivity contribution in [3.63, 3.8) is 0 Å². The average Bonchev–Trinajstić information content (AvgIpc) is 3.76. The lowest BCUT2D eigenvalue weighted by molar-refractivity contribution is 0.748. The number of aromatic nitrogens is 1. The first-order valence-corrected chi connectivity index (χ1v) is 23.8. The van der Waals surface area contributed by atoms with E-state index in [2.05, 4.69) is 289 Å². The van der Waals surface area contributed by atoms with Gasteiger partial charge in [-0.3, -0.25) is 0 Å². The number of benzene rings is 11. The van der Waals surface area contributed by atoms with E-state index < -0.39 is 5.41 Å². The maximum Gasteiger partial charge on any atom is 0.0713 e. The molecule has 0 saturated carbocycles. The van der Waals surface area contributed by atoms with Gasteiger partial charge in [-0.05, 0) is 121 Å². The van der Waals surface area contributed by atoms with Crippen molar-refractivity contribution < 1.29 is 0 Å². The molecule has 0 amide bonds. The van der Waals surface area contributed by atoms with Crippen molar-refractivity contribution in [1.82, 2.24) is 4.57 Å². The van der Waals surface area contributed by atoms with Crippen molar-refractivity contribution in [1.29, 1.82) is 0 Å². The monoisotopic (exact) mass is 878 g/mol. The van der Waals surface area contributed by atoms with Crippen molar-refractivity contribution in [3.8, 4) is 50.2 Å². The Morgan fingerprint density at radius 3 is 1.48 bits per heavy atom. The smallest absolute Gasteiger partial charge is 0.0713 e. The molecular weight excluding hydrogens is 833 g/mol. The minimum atomic E-state index is -0.706. The number of rotatable bonds is 8. The molecule has 0 fully saturated rings. The Hall–Kier alpha value is -8.98. The molecule has 0 saturated heterocycles. The molecular formula is C67H46N2. The second kappa shape index (κ2) is 16.7. The molecule has 2 nitrogen and oxygen atoms in total. The zero-order chi connectivity index (χ0) is 45.7. The zero-order valence-electron chi connectivity index (χ0n) is 38.0. The zero-order valence-corrected chi connectivity index (χ0v) is 38.0. The van der Waals surface area contributed by atoms with E-state index in [4.69, 9.17) is 0 Å². The highest BCUT2D eigenvalue weighted by atomic mass is 15.1. The summed E-state index contributed by atoms with van der Waals surface area (Å²) in [5.41, 5.74) is 20.6. The summed E-state index contributed by atoms with van der Waals surface area (Å²) in [7, 11) is 0. The predicted octanol–water partition coefficient (Wildman–Crippen LogP) is 17.6.